The molecular weight excluding hydrogens is 319 g/mol. The topological polar surface area (TPSA) is 24.1 Å². The van der Waals surface area contributed by atoms with E-state index in [1.165, 1.54) is 23.3 Å². The number of rotatable bonds is 6. The van der Waals surface area contributed by atoms with Gasteiger partial charge in [-0.15, -0.1) is 0 Å². The molecular formula is C20H25FN2S. The maximum Gasteiger partial charge on any atom is 0.171 e. The Hall–Kier alpha value is -1.94. The van der Waals surface area contributed by atoms with Crippen molar-refractivity contribution in [1.82, 2.24) is 5.32 Å². The van der Waals surface area contributed by atoms with Crippen LogP contribution in [-0.4, -0.2) is 5.11 Å². The van der Waals surface area contributed by atoms with E-state index in [1.807, 2.05) is 0 Å². The lowest BCUT2D eigenvalue weighted by Crippen LogP contribution is -2.32. The Labute approximate surface area is 149 Å². The summed E-state index contributed by atoms with van der Waals surface area (Å²) in [5, 5.41) is 6.97. The van der Waals surface area contributed by atoms with Crippen LogP contribution in [0.3, 0.4) is 0 Å². The third-order valence-corrected chi connectivity index (χ3v) is 4.56. The van der Waals surface area contributed by atoms with E-state index in [0.29, 0.717) is 11.0 Å². The first-order valence-corrected chi connectivity index (χ1v) is 8.87. The normalized spacial score (nSPS) is 13.2. The number of benzene rings is 2. The van der Waals surface area contributed by atoms with Gasteiger partial charge in [-0.1, -0.05) is 45.0 Å². The summed E-state index contributed by atoms with van der Waals surface area (Å²) in [5.74, 6) is 0.320. The number of hydrogen-bond acceptors (Lipinski definition) is 1. The van der Waals surface area contributed by atoms with Crippen LogP contribution in [0.1, 0.15) is 56.7 Å². The number of nitrogens with one attached hydrogen (secondary N) is 2. The van der Waals surface area contributed by atoms with Crippen LogP contribution in [0.2, 0.25) is 0 Å². The molecule has 2 atom stereocenters. The molecule has 0 amide bonds. The molecule has 0 radical (unpaired) electrons. The van der Waals surface area contributed by atoms with Gasteiger partial charge in [0.2, 0.25) is 0 Å². The molecule has 2 unspecified atom stereocenters. The van der Waals surface area contributed by atoms with Crippen molar-refractivity contribution >= 4 is 23.0 Å². The molecule has 2 N–H and O–H groups in total. The van der Waals surface area contributed by atoms with E-state index in [1.54, 1.807) is 12.1 Å². The fraction of sp³-hybridized carbons (Fsp3) is 0.350. The van der Waals surface area contributed by atoms with Gasteiger partial charge in [0.25, 0.3) is 0 Å². The predicted octanol–water partition coefficient (Wildman–Crippen LogP) is 5.78. The highest BCUT2D eigenvalue weighted by Crippen LogP contribution is 2.23. The third-order valence-electron chi connectivity index (χ3n) is 4.34. The molecule has 0 spiro atoms. The van der Waals surface area contributed by atoms with Gasteiger partial charge in [0, 0.05) is 5.69 Å². The number of anilines is 1. The van der Waals surface area contributed by atoms with Gasteiger partial charge in [-0.25, -0.2) is 4.39 Å². The minimum absolute atomic E-state index is 0.149. The van der Waals surface area contributed by atoms with Gasteiger partial charge >= 0.3 is 0 Å². The van der Waals surface area contributed by atoms with Crippen LogP contribution >= 0.6 is 12.2 Å². The number of halogens is 1. The molecule has 2 rings (SSSR count). The van der Waals surface area contributed by atoms with Gasteiger partial charge in [-0.05, 0) is 66.4 Å². The average molecular weight is 344 g/mol. The van der Waals surface area contributed by atoms with Gasteiger partial charge in [0.05, 0.1) is 6.04 Å². The summed E-state index contributed by atoms with van der Waals surface area (Å²) in [4.78, 5) is 0. The molecule has 2 aromatic rings. The molecule has 0 saturated heterocycles. The Morgan fingerprint density at radius 2 is 1.54 bits per heavy atom. The maximum absolute atomic E-state index is 12.9. The number of hydrogen-bond donors (Lipinski definition) is 2. The van der Waals surface area contributed by atoms with Crippen LogP contribution in [0.4, 0.5) is 10.1 Å². The van der Waals surface area contributed by atoms with E-state index in [9.17, 15) is 4.39 Å². The van der Waals surface area contributed by atoms with Crippen molar-refractivity contribution < 1.29 is 4.39 Å². The Morgan fingerprint density at radius 1 is 0.958 bits per heavy atom. The molecule has 0 aliphatic heterocycles. The van der Waals surface area contributed by atoms with E-state index >= 15 is 0 Å². The van der Waals surface area contributed by atoms with Crippen molar-refractivity contribution in [1.29, 1.82) is 0 Å². The fourth-order valence-electron chi connectivity index (χ4n) is 2.57. The van der Waals surface area contributed by atoms with Gasteiger partial charge in [0.15, 0.2) is 5.11 Å². The van der Waals surface area contributed by atoms with E-state index < -0.39 is 0 Å². The van der Waals surface area contributed by atoms with Crippen molar-refractivity contribution in [3.05, 3.63) is 65.5 Å². The smallest absolute Gasteiger partial charge is 0.171 e. The first kappa shape index (κ1) is 18.4. The maximum atomic E-state index is 12.9. The molecule has 2 aromatic carbocycles. The number of thiocarbonyl (C=S) groups is 1. The predicted molar refractivity (Wildman–Crippen MR) is 104 cm³/mol. The zero-order valence-electron chi connectivity index (χ0n) is 14.5. The molecule has 0 saturated carbocycles. The molecule has 4 heteroatoms. The van der Waals surface area contributed by atoms with Gasteiger partial charge in [-0.2, -0.15) is 0 Å². The SMILES string of the molecule is CCC(C)c1ccc(C(CC)NC(=S)Nc2ccc(F)cc2)cc1. The Kier molecular flexibility index (Phi) is 6.73. The van der Waals surface area contributed by atoms with Crippen molar-refractivity contribution in [2.45, 2.75) is 45.6 Å². The van der Waals surface area contributed by atoms with Gasteiger partial charge in [0.1, 0.15) is 5.82 Å². The van der Waals surface area contributed by atoms with E-state index in [0.717, 1.165) is 18.5 Å². The quantitative estimate of drug-likeness (QED) is 0.650. The standard InChI is InChI=1S/C20H25FN2S/c1-4-14(3)15-6-8-16(9-7-15)19(5-2)23-20(24)22-18-12-10-17(21)11-13-18/h6-14,19H,4-5H2,1-3H3,(H2,22,23,24). The second-order valence-electron chi connectivity index (χ2n) is 6.04. The molecule has 2 nitrogen and oxygen atoms in total. The first-order valence-electron chi connectivity index (χ1n) is 8.46. The summed E-state index contributed by atoms with van der Waals surface area (Å²) in [6.07, 6.45) is 2.06. The lowest BCUT2D eigenvalue weighted by atomic mass is 9.95. The highest BCUT2D eigenvalue weighted by Gasteiger charge is 2.12. The molecule has 0 aromatic heterocycles. The summed E-state index contributed by atoms with van der Waals surface area (Å²) in [7, 11) is 0. The van der Waals surface area contributed by atoms with Crippen molar-refractivity contribution in [2.75, 3.05) is 5.32 Å². The van der Waals surface area contributed by atoms with Crippen molar-refractivity contribution in [3.8, 4) is 0 Å². The average Bonchev–Trinajstić information content (AvgIpc) is 2.61. The Bertz CT molecular complexity index is 652. The molecule has 128 valence electrons. The summed E-state index contributed by atoms with van der Waals surface area (Å²) in [6, 6.07) is 15.1. The molecule has 0 fully saturated rings. The lowest BCUT2D eigenvalue weighted by molar-refractivity contribution is 0.626. The van der Waals surface area contributed by atoms with Crippen LogP contribution in [0, 0.1) is 5.82 Å². The largest absolute Gasteiger partial charge is 0.356 e. The van der Waals surface area contributed by atoms with Crippen LogP contribution < -0.4 is 10.6 Å². The Balaban J connectivity index is 2.00. The van der Waals surface area contributed by atoms with Crippen LogP contribution in [-0.2, 0) is 0 Å². The van der Waals surface area contributed by atoms with E-state index in [-0.39, 0.29) is 11.9 Å². The second-order valence-corrected chi connectivity index (χ2v) is 6.45. The Morgan fingerprint density at radius 3 is 2.08 bits per heavy atom. The van der Waals surface area contributed by atoms with E-state index in [2.05, 4.69) is 55.7 Å². The summed E-state index contributed by atoms with van der Waals surface area (Å²) >= 11 is 5.38. The highest BCUT2D eigenvalue weighted by atomic mass is 32.1. The van der Waals surface area contributed by atoms with Gasteiger partial charge in [-0.3, -0.25) is 0 Å². The van der Waals surface area contributed by atoms with Crippen molar-refractivity contribution in [2.24, 2.45) is 0 Å². The van der Waals surface area contributed by atoms with Crippen LogP contribution in [0.5, 0.6) is 0 Å². The molecule has 0 bridgehead atoms. The third kappa shape index (κ3) is 5.03. The molecule has 0 heterocycles. The molecule has 24 heavy (non-hydrogen) atoms. The summed E-state index contributed by atoms with van der Waals surface area (Å²) in [5.41, 5.74) is 3.35. The zero-order chi connectivity index (χ0) is 17.5. The minimum atomic E-state index is -0.257. The van der Waals surface area contributed by atoms with Crippen molar-refractivity contribution in [3.63, 3.8) is 0 Å². The minimum Gasteiger partial charge on any atom is -0.356 e. The zero-order valence-corrected chi connectivity index (χ0v) is 15.3. The molecule has 0 aliphatic rings. The first-order chi connectivity index (χ1) is 11.5. The highest BCUT2D eigenvalue weighted by molar-refractivity contribution is 7.80. The van der Waals surface area contributed by atoms with Gasteiger partial charge < -0.3 is 10.6 Å². The monoisotopic (exact) mass is 344 g/mol. The van der Waals surface area contributed by atoms with E-state index in [4.69, 9.17) is 12.2 Å². The lowest BCUT2D eigenvalue weighted by Gasteiger charge is -2.21. The molecule has 0 aliphatic carbocycles. The summed E-state index contributed by atoms with van der Waals surface area (Å²) < 4.78 is 12.9. The second kappa shape index (κ2) is 8.78. The fourth-order valence-corrected chi connectivity index (χ4v) is 2.83. The van der Waals surface area contributed by atoms with Crippen LogP contribution in [0.25, 0.3) is 0 Å². The summed E-state index contributed by atoms with van der Waals surface area (Å²) in [6.45, 7) is 6.57. The van der Waals surface area contributed by atoms with Crippen LogP contribution in [0.15, 0.2) is 48.5 Å².